The lowest BCUT2D eigenvalue weighted by atomic mass is 9.96. The molecule has 1 aromatic heterocycles. The lowest BCUT2D eigenvalue weighted by Crippen LogP contribution is -1.99. The van der Waals surface area contributed by atoms with Gasteiger partial charge in [0, 0.05) is 18.3 Å². The topological polar surface area (TPSA) is 28.7 Å². The summed E-state index contributed by atoms with van der Waals surface area (Å²) in [4.78, 5) is 7.48. The fourth-order valence-corrected chi connectivity index (χ4v) is 2.09. The Morgan fingerprint density at radius 3 is 2.35 bits per heavy atom. The van der Waals surface area contributed by atoms with Gasteiger partial charge in [0.25, 0.3) is 0 Å². The summed E-state index contributed by atoms with van der Waals surface area (Å²) in [7, 11) is 0. The van der Waals surface area contributed by atoms with E-state index in [-0.39, 0.29) is 0 Å². The quantitative estimate of drug-likeness (QED) is 0.848. The van der Waals surface area contributed by atoms with Crippen LogP contribution in [-0.2, 0) is 6.42 Å². The van der Waals surface area contributed by atoms with Crippen LogP contribution < -0.4 is 0 Å². The van der Waals surface area contributed by atoms with Crippen molar-refractivity contribution in [3.8, 4) is 0 Å². The van der Waals surface area contributed by atoms with Crippen LogP contribution >= 0.6 is 0 Å². The highest BCUT2D eigenvalue weighted by Gasteiger charge is 2.10. The Balaban J connectivity index is 2.12. The summed E-state index contributed by atoms with van der Waals surface area (Å²) >= 11 is 0. The van der Waals surface area contributed by atoms with Crippen LogP contribution in [0.1, 0.15) is 43.6 Å². The van der Waals surface area contributed by atoms with E-state index in [2.05, 4.69) is 55.0 Å². The van der Waals surface area contributed by atoms with E-state index in [1.165, 1.54) is 11.1 Å². The molecule has 1 N–H and O–H groups in total. The SMILES string of the molecule is CC(C)Cc1ccc([C@@H](C)c2ncc[nH]2)cc1. The molecule has 17 heavy (non-hydrogen) atoms. The standard InChI is InChI=1S/C15H20N2/c1-11(2)10-13-4-6-14(7-5-13)12(3)15-16-8-9-17-15/h4-9,11-12H,10H2,1-3H3,(H,16,17)/t12-/m1/s1. The van der Waals surface area contributed by atoms with Crippen LogP contribution in [0.5, 0.6) is 0 Å². The molecule has 2 heteroatoms. The van der Waals surface area contributed by atoms with E-state index in [9.17, 15) is 0 Å². The fraction of sp³-hybridized carbons (Fsp3) is 0.400. The van der Waals surface area contributed by atoms with Crippen LogP contribution in [0.4, 0.5) is 0 Å². The van der Waals surface area contributed by atoms with Gasteiger partial charge in [-0.25, -0.2) is 4.98 Å². The summed E-state index contributed by atoms with van der Waals surface area (Å²) < 4.78 is 0. The highest BCUT2D eigenvalue weighted by atomic mass is 14.9. The van der Waals surface area contributed by atoms with Crippen molar-refractivity contribution < 1.29 is 0 Å². The molecule has 1 aromatic carbocycles. The van der Waals surface area contributed by atoms with Crippen LogP contribution in [0, 0.1) is 5.92 Å². The summed E-state index contributed by atoms with van der Waals surface area (Å²) in [5.74, 6) is 2.07. The van der Waals surface area contributed by atoms with Crippen molar-refractivity contribution in [3.05, 3.63) is 53.6 Å². The van der Waals surface area contributed by atoms with Crippen molar-refractivity contribution in [1.29, 1.82) is 0 Å². The molecule has 2 aromatic rings. The molecule has 0 saturated carbocycles. The highest BCUT2D eigenvalue weighted by Crippen LogP contribution is 2.21. The van der Waals surface area contributed by atoms with Crippen molar-refractivity contribution >= 4 is 0 Å². The lowest BCUT2D eigenvalue weighted by Gasteiger charge is -2.11. The van der Waals surface area contributed by atoms with Crippen LogP contribution in [0.3, 0.4) is 0 Å². The molecular formula is C15H20N2. The summed E-state index contributed by atoms with van der Waals surface area (Å²) in [6.07, 6.45) is 4.83. The lowest BCUT2D eigenvalue weighted by molar-refractivity contribution is 0.647. The minimum Gasteiger partial charge on any atom is -0.348 e. The zero-order valence-electron chi connectivity index (χ0n) is 10.8. The molecule has 0 aliphatic carbocycles. The van der Waals surface area contributed by atoms with Gasteiger partial charge in [-0.3, -0.25) is 0 Å². The number of benzene rings is 1. The molecule has 0 bridgehead atoms. The van der Waals surface area contributed by atoms with Crippen molar-refractivity contribution in [1.82, 2.24) is 9.97 Å². The number of H-pyrrole nitrogens is 1. The van der Waals surface area contributed by atoms with Gasteiger partial charge in [-0.1, -0.05) is 45.0 Å². The molecule has 0 aliphatic rings. The Hall–Kier alpha value is -1.57. The normalized spacial score (nSPS) is 12.9. The number of nitrogens with zero attached hydrogens (tertiary/aromatic N) is 1. The third kappa shape index (κ3) is 2.96. The maximum atomic E-state index is 4.31. The van der Waals surface area contributed by atoms with Crippen LogP contribution in [0.15, 0.2) is 36.7 Å². The third-order valence-electron chi connectivity index (χ3n) is 3.05. The van der Waals surface area contributed by atoms with Gasteiger partial charge in [0.05, 0.1) is 0 Å². The monoisotopic (exact) mass is 228 g/mol. The smallest absolute Gasteiger partial charge is 0.113 e. The van der Waals surface area contributed by atoms with E-state index >= 15 is 0 Å². The van der Waals surface area contributed by atoms with Gasteiger partial charge >= 0.3 is 0 Å². The first-order chi connectivity index (χ1) is 8.16. The van der Waals surface area contributed by atoms with E-state index in [1.807, 2.05) is 6.20 Å². The Morgan fingerprint density at radius 1 is 1.12 bits per heavy atom. The van der Waals surface area contributed by atoms with Gasteiger partial charge in [0.2, 0.25) is 0 Å². The average molecular weight is 228 g/mol. The number of rotatable bonds is 4. The summed E-state index contributed by atoms with van der Waals surface area (Å²) in [5.41, 5.74) is 2.72. The van der Waals surface area contributed by atoms with Crippen molar-refractivity contribution in [3.63, 3.8) is 0 Å². The molecule has 1 atom stereocenters. The molecule has 1 heterocycles. The largest absolute Gasteiger partial charge is 0.348 e. The van der Waals surface area contributed by atoms with Crippen molar-refractivity contribution in [2.75, 3.05) is 0 Å². The molecule has 0 fully saturated rings. The summed E-state index contributed by atoms with van der Waals surface area (Å²) in [6, 6.07) is 8.89. The first-order valence-electron chi connectivity index (χ1n) is 6.25. The maximum Gasteiger partial charge on any atom is 0.113 e. The van der Waals surface area contributed by atoms with Gasteiger partial charge in [-0.15, -0.1) is 0 Å². The van der Waals surface area contributed by atoms with E-state index in [0.717, 1.165) is 12.2 Å². The number of aromatic amines is 1. The first-order valence-corrected chi connectivity index (χ1v) is 6.25. The van der Waals surface area contributed by atoms with E-state index in [4.69, 9.17) is 0 Å². The van der Waals surface area contributed by atoms with Crippen molar-refractivity contribution in [2.24, 2.45) is 5.92 Å². The molecular weight excluding hydrogens is 208 g/mol. The van der Waals surface area contributed by atoms with Crippen LogP contribution in [0.25, 0.3) is 0 Å². The molecule has 90 valence electrons. The summed E-state index contributed by atoms with van der Waals surface area (Å²) in [6.45, 7) is 6.68. The summed E-state index contributed by atoms with van der Waals surface area (Å²) in [5, 5.41) is 0. The zero-order chi connectivity index (χ0) is 12.3. The second-order valence-electron chi connectivity index (χ2n) is 5.04. The Kier molecular flexibility index (Phi) is 3.62. The molecule has 0 aliphatic heterocycles. The Morgan fingerprint density at radius 2 is 1.82 bits per heavy atom. The number of hydrogen-bond acceptors (Lipinski definition) is 1. The predicted molar refractivity (Wildman–Crippen MR) is 71.1 cm³/mol. The van der Waals surface area contributed by atoms with Crippen LogP contribution in [0.2, 0.25) is 0 Å². The van der Waals surface area contributed by atoms with E-state index in [1.54, 1.807) is 6.20 Å². The minimum absolute atomic E-state index is 0.332. The highest BCUT2D eigenvalue weighted by molar-refractivity contribution is 5.28. The van der Waals surface area contributed by atoms with Crippen LogP contribution in [-0.4, -0.2) is 9.97 Å². The third-order valence-corrected chi connectivity index (χ3v) is 3.05. The molecule has 0 unspecified atom stereocenters. The second-order valence-corrected chi connectivity index (χ2v) is 5.04. The number of hydrogen-bond donors (Lipinski definition) is 1. The van der Waals surface area contributed by atoms with Crippen molar-refractivity contribution in [2.45, 2.75) is 33.1 Å². The number of imidazole rings is 1. The van der Waals surface area contributed by atoms with Gasteiger partial charge in [0.15, 0.2) is 0 Å². The molecule has 0 spiro atoms. The maximum absolute atomic E-state index is 4.31. The van der Waals surface area contributed by atoms with E-state index in [0.29, 0.717) is 11.8 Å². The molecule has 0 saturated heterocycles. The van der Waals surface area contributed by atoms with E-state index < -0.39 is 0 Å². The molecule has 0 radical (unpaired) electrons. The second kappa shape index (κ2) is 5.17. The molecule has 2 rings (SSSR count). The fourth-order valence-electron chi connectivity index (χ4n) is 2.09. The Bertz CT molecular complexity index is 440. The average Bonchev–Trinajstić information content (AvgIpc) is 2.82. The van der Waals surface area contributed by atoms with Gasteiger partial charge in [0.1, 0.15) is 5.82 Å². The molecule has 0 amide bonds. The predicted octanol–water partition coefficient (Wildman–Crippen LogP) is 3.76. The molecule has 2 nitrogen and oxygen atoms in total. The van der Waals surface area contributed by atoms with Gasteiger partial charge in [-0.05, 0) is 23.5 Å². The number of aromatic nitrogens is 2. The minimum atomic E-state index is 0.332. The van der Waals surface area contributed by atoms with Gasteiger partial charge < -0.3 is 4.98 Å². The first kappa shape index (κ1) is 11.9. The number of nitrogens with one attached hydrogen (secondary N) is 1. The Labute approximate surface area is 103 Å². The van der Waals surface area contributed by atoms with Gasteiger partial charge in [-0.2, -0.15) is 0 Å². The zero-order valence-corrected chi connectivity index (χ0v) is 10.8.